The van der Waals surface area contributed by atoms with Crippen LogP contribution in [0.15, 0.2) is 30.3 Å². The highest BCUT2D eigenvalue weighted by molar-refractivity contribution is 5.81. The number of likely N-dealkylation sites (tertiary alicyclic amines) is 1. The Morgan fingerprint density at radius 2 is 1.96 bits per heavy atom. The average Bonchev–Trinajstić information content (AvgIpc) is 2.52. The van der Waals surface area contributed by atoms with Gasteiger partial charge in [0.25, 0.3) is 0 Å². The Kier molecular flexibility index (Phi) is 5.22. The molecule has 0 bridgehead atoms. The van der Waals surface area contributed by atoms with Crippen molar-refractivity contribution in [3.63, 3.8) is 0 Å². The van der Waals surface area contributed by atoms with Crippen molar-refractivity contribution in [2.75, 3.05) is 19.7 Å². The lowest BCUT2D eigenvalue weighted by Crippen LogP contribution is -2.58. The number of nitrogens with zero attached hydrogens (tertiary/aromatic N) is 2. The molecule has 1 saturated heterocycles. The lowest BCUT2D eigenvalue weighted by atomic mass is 9.74. The van der Waals surface area contributed by atoms with E-state index in [0.29, 0.717) is 13.1 Å². The van der Waals surface area contributed by atoms with Crippen LogP contribution in [0.2, 0.25) is 0 Å². The molecule has 1 fully saturated rings. The molecule has 0 aromatic heterocycles. The van der Waals surface area contributed by atoms with E-state index in [1.54, 1.807) is 13.8 Å². The van der Waals surface area contributed by atoms with Crippen molar-refractivity contribution in [1.82, 2.24) is 4.90 Å². The summed E-state index contributed by atoms with van der Waals surface area (Å²) in [5, 5.41) is 9.31. The van der Waals surface area contributed by atoms with Crippen LogP contribution < -0.4 is 0 Å². The fourth-order valence-electron chi connectivity index (χ4n) is 2.39. The molecule has 1 aromatic carbocycles. The van der Waals surface area contributed by atoms with Crippen molar-refractivity contribution < 1.29 is 19.1 Å². The molecule has 1 aliphatic heterocycles. The van der Waals surface area contributed by atoms with Gasteiger partial charge < -0.3 is 14.4 Å². The molecule has 2 rings (SSSR count). The number of hydrogen-bond acceptors (Lipinski definition) is 5. The third kappa shape index (κ3) is 3.62. The van der Waals surface area contributed by atoms with Crippen LogP contribution in [0.25, 0.3) is 0 Å². The molecular formula is C17H20N2O4. The molecule has 122 valence electrons. The third-order valence-electron chi connectivity index (χ3n) is 4.09. The van der Waals surface area contributed by atoms with Crippen molar-refractivity contribution in [2.45, 2.75) is 20.5 Å². The quantitative estimate of drug-likeness (QED) is 0.779. The van der Waals surface area contributed by atoms with Crippen molar-refractivity contribution in [2.24, 2.45) is 11.3 Å². The smallest absolute Gasteiger partial charge is 0.410 e. The van der Waals surface area contributed by atoms with Crippen LogP contribution in [-0.2, 0) is 20.9 Å². The maximum atomic E-state index is 12.0. The van der Waals surface area contributed by atoms with E-state index in [1.165, 1.54) is 4.90 Å². The predicted molar refractivity (Wildman–Crippen MR) is 82.0 cm³/mol. The standard InChI is InChI=1S/C17H20N2O4/c1-3-22-15(20)17(2,12-18)14-9-19(10-14)16(21)23-11-13-7-5-4-6-8-13/h4-8,14H,3,9-11H2,1-2H3. The summed E-state index contributed by atoms with van der Waals surface area (Å²) in [4.78, 5) is 25.4. The second kappa shape index (κ2) is 7.14. The highest BCUT2D eigenvalue weighted by Crippen LogP contribution is 2.35. The topological polar surface area (TPSA) is 79.6 Å². The van der Waals surface area contributed by atoms with Gasteiger partial charge in [-0.05, 0) is 19.4 Å². The van der Waals surface area contributed by atoms with E-state index in [1.807, 2.05) is 36.4 Å². The highest BCUT2D eigenvalue weighted by atomic mass is 16.6. The molecule has 1 unspecified atom stereocenters. The van der Waals surface area contributed by atoms with Gasteiger partial charge in [-0.25, -0.2) is 4.79 Å². The maximum absolute atomic E-state index is 12.0. The minimum absolute atomic E-state index is 0.203. The van der Waals surface area contributed by atoms with Crippen molar-refractivity contribution in [3.8, 4) is 6.07 Å². The zero-order valence-corrected chi connectivity index (χ0v) is 13.3. The summed E-state index contributed by atoms with van der Waals surface area (Å²) in [6.07, 6.45) is -0.436. The molecule has 1 aliphatic rings. The number of hydrogen-bond donors (Lipinski definition) is 0. The van der Waals surface area contributed by atoms with Crippen LogP contribution in [0.5, 0.6) is 0 Å². The average molecular weight is 316 g/mol. The van der Waals surface area contributed by atoms with E-state index in [0.717, 1.165) is 5.56 Å². The monoisotopic (exact) mass is 316 g/mol. The zero-order chi connectivity index (χ0) is 16.9. The van der Waals surface area contributed by atoms with Gasteiger partial charge in [0, 0.05) is 19.0 Å². The predicted octanol–water partition coefficient (Wildman–Crippen LogP) is 2.35. The number of carbonyl (C=O) groups excluding carboxylic acids is 2. The maximum Gasteiger partial charge on any atom is 0.410 e. The first-order chi connectivity index (χ1) is 11.0. The molecule has 1 heterocycles. The number of ether oxygens (including phenoxy) is 2. The fourth-order valence-corrected chi connectivity index (χ4v) is 2.39. The Hall–Kier alpha value is -2.55. The van der Waals surface area contributed by atoms with Gasteiger partial charge in [-0.1, -0.05) is 30.3 Å². The summed E-state index contributed by atoms with van der Waals surface area (Å²) in [6.45, 7) is 4.32. The van der Waals surface area contributed by atoms with Crippen molar-refractivity contribution in [1.29, 1.82) is 5.26 Å². The van der Waals surface area contributed by atoms with E-state index in [9.17, 15) is 14.9 Å². The lowest BCUT2D eigenvalue weighted by molar-refractivity contribution is -0.157. The number of benzene rings is 1. The Morgan fingerprint density at radius 3 is 2.52 bits per heavy atom. The molecule has 0 radical (unpaired) electrons. The summed E-state index contributed by atoms with van der Waals surface area (Å²) < 4.78 is 10.2. The number of rotatable bonds is 5. The Bertz CT molecular complexity index is 605. The van der Waals surface area contributed by atoms with Crippen LogP contribution in [0.1, 0.15) is 19.4 Å². The van der Waals surface area contributed by atoms with Crippen LogP contribution in [0.3, 0.4) is 0 Å². The summed E-state index contributed by atoms with van der Waals surface area (Å²) in [5.74, 6) is -0.777. The van der Waals surface area contributed by atoms with E-state index in [2.05, 4.69) is 0 Å². The van der Waals surface area contributed by atoms with Gasteiger partial charge in [0.2, 0.25) is 0 Å². The zero-order valence-electron chi connectivity index (χ0n) is 13.3. The normalized spacial score (nSPS) is 16.7. The lowest BCUT2D eigenvalue weighted by Gasteiger charge is -2.43. The molecule has 6 heteroatoms. The molecule has 1 aromatic rings. The summed E-state index contributed by atoms with van der Waals surface area (Å²) in [5.41, 5.74) is -0.321. The third-order valence-corrected chi connectivity index (χ3v) is 4.09. The van der Waals surface area contributed by atoms with Gasteiger partial charge in [0.1, 0.15) is 6.61 Å². The summed E-state index contributed by atoms with van der Waals surface area (Å²) >= 11 is 0. The van der Waals surface area contributed by atoms with E-state index >= 15 is 0 Å². The first-order valence-corrected chi connectivity index (χ1v) is 7.55. The molecule has 6 nitrogen and oxygen atoms in total. The first kappa shape index (κ1) is 16.8. The SMILES string of the molecule is CCOC(=O)C(C)(C#N)C1CN(C(=O)OCc2ccccc2)C1. The van der Waals surface area contributed by atoms with Gasteiger partial charge in [-0.15, -0.1) is 0 Å². The molecule has 1 atom stereocenters. The number of nitriles is 1. The van der Waals surface area contributed by atoms with E-state index in [-0.39, 0.29) is 19.1 Å². The van der Waals surface area contributed by atoms with Crippen molar-refractivity contribution >= 4 is 12.1 Å². The Morgan fingerprint density at radius 1 is 1.30 bits per heavy atom. The minimum atomic E-state index is -1.23. The molecule has 0 spiro atoms. The molecule has 23 heavy (non-hydrogen) atoms. The number of carbonyl (C=O) groups is 2. The summed E-state index contributed by atoms with van der Waals surface area (Å²) in [7, 11) is 0. The second-order valence-electron chi connectivity index (χ2n) is 5.68. The molecule has 0 saturated carbocycles. The number of amides is 1. The van der Waals surface area contributed by atoms with Gasteiger partial charge in [-0.2, -0.15) is 5.26 Å². The fraction of sp³-hybridized carbons (Fsp3) is 0.471. The first-order valence-electron chi connectivity index (χ1n) is 7.55. The van der Waals surface area contributed by atoms with Crippen molar-refractivity contribution in [3.05, 3.63) is 35.9 Å². The van der Waals surface area contributed by atoms with Crippen LogP contribution >= 0.6 is 0 Å². The van der Waals surface area contributed by atoms with Gasteiger partial charge in [-0.3, -0.25) is 4.79 Å². The van der Waals surface area contributed by atoms with Gasteiger partial charge in [0.15, 0.2) is 5.41 Å². The highest BCUT2D eigenvalue weighted by Gasteiger charge is 2.50. The molecular weight excluding hydrogens is 296 g/mol. The summed E-state index contributed by atoms with van der Waals surface area (Å²) in [6, 6.07) is 11.4. The van der Waals surface area contributed by atoms with Crippen LogP contribution in [-0.4, -0.2) is 36.7 Å². The van der Waals surface area contributed by atoms with E-state index in [4.69, 9.17) is 9.47 Å². The Balaban J connectivity index is 1.84. The second-order valence-corrected chi connectivity index (χ2v) is 5.68. The van der Waals surface area contributed by atoms with Crippen LogP contribution in [0.4, 0.5) is 4.79 Å². The molecule has 0 N–H and O–H groups in total. The van der Waals surface area contributed by atoms with Gasteiger partial charge in [0.05, 0.1) is 12.7 Å². The van der Waals surface area contributed by atoms with Crippen LogP contribution in [0, 0.1) is 22.7 Å². The van der Waals surface area contributed by atoms with E-state index < -0.39 is 17.5 Å². The number of esters is 1. The molecule has 0 aliphatic carbocycles. The molecule has 1 amide bonds. The Labute approximate surface area is 135 Å². The largest absolute Gasteiger partial charge is 0.465 e. The van der Waals surface area contributed by atoms with Gasteiger partial charge >= 0.3 is 12.1 Å². The minimum Gasteiger partial charge on any atom is -0.465 e.